The smallest absolute Gasteiger partial charge is 0.251 e. The van der Waals surface area contributed by atoms with E-state index in [1.807, 2.05) is 7.11 Å². The Morgan fingerprint density at radius 3 is 2.33 bits per heavy atom. The van der Waals surface area contributed by atoms with Crippen LogP contribution in [0.3, 0.4) is 0 Å². The fraction of sp³-hybridized carbons (Fsp3) is 1.00. The van der Waals surface area contributed by atoms with Gasteiger partial charge in [-0.3, -0.25) is 0 Å². The van der Waals surface area contributed by atoms with Crippen molar-refractivity contribution in [3.63, 3.8) is 0 Å². The van der Waals surface area contributed by atoms with E-state index in [0.29, 0.717) is 0 Å². The molecule has 0 aliphatic carbocycles. The molecule has 3 heteroatoms. The predicted molar refractivity (Wildman–Crippen MR) is 40.8 cm³/mol. The molecule has 0 amide bonds. The first kappa shape index (κ1) is 7.25. The monoisotopic (exact) mass is 145 g/mol. The largest absolute Gasteiger partial charge is 0.409 e. The molecule has 1 atom stereocenters. The topological polar surface area (TPSA) is 12.5 Å². The molecule has 1 aliphatic heterocycles. The van der Waals surface area contributed by atoms with Crippen LogP contribution in [0.4, 0.5) is 0 Å². The summed E-state index contributed by atoms with van der Waals surface area (Å²) in [5.74, 6) is 0. The highest BCUT2D eigenvalue weighted by Gasteiger charge is 2.18. The van der Waals surface area contributed by atoms with Gasteiger partial charge in [0.2, 0.25) is 0 Å². The molecule has 0 spiro atoms. The van der Waals surface area contributed by atoms with Crippen LogP contribution >= 0.6 is 0 Å². The van der Waals surface area contributed by atoms with Gasteiger partial charge in [-0.2, -0.15) is 0 Å². The van der Waals surface area contributed by atoms with Crippen LogP contribution in [0.1, 0.15) is 12.8 Å². The van der Waals surface area contributed by atoms with E-state index in [2.05, 4.69) is 11.1 Å². The van der Waals surface area contributed by atoms with Crippen LogP contribution in [0.5, 0.6) is 0 Å². The molecule has 54 valence electrons. The van der Waals surface area contributed by atoms with Gasteiger partial charge >= 0.3 is 0 Å². The lowest BCUT2D eigenvalue weighted by atomic mass is 10.4. The van der Waals surface area contributed by atoms with Crippen LogP contribution in [-0.2, 0) is 4.43 Å². The minimum Gasteiger partial charge on any atom is -0.409 e. The van der Waals surface area contributed by atoms with Gasteiger partial charge in [-0.1, -0.05) is 0 Å². The summed E-state index contributed by atoms with van der Waals surface area (Å²) in [6.45, 7) is 4.80. The zero-order valence-corrected chi connectivity index (χ0v) is 7.42. The van der Waals surface area contributed by atoms with Crippen LogP contribution in [0, 0.1) is 0 Å². The maximum atomic E-state index is 5.30. The first-order chi connectivity index (χ1) is 4.34. The third kappa shape index (κ3) is 1.78. The number of hydrogen-bond acceptors (Lipinski definition) is 2. The van der Waals surface area contributed by atoms with Crippen molar-refractivity contribution >= 4 is 9.20 Å². The molecule has 1 saturated heterocycles. The van der Waals surface area contributed by atoms with Gasteiger partial charge in [-0.25, -0.2) is 0 Å². The first-order valence-electron chi connectivity index (χ1n) is 3.61. The Hall–Kier alpha value is 0.137. The third-order valence-corrected chi connectivity index (χ3v) is 4.22. The van der Waals surface area contributed by atoms with E-state index in [1.165, 1.54) is 25.9 Å². The Morgan fingerprint density at radius 1 is 1.33 bits per heavy atom. The highest BCUT2D eigenvalue weighted by molar-refractivity contribution is 6.46. The van der Waals surface area contributed by atoms with E-state index in [4.69, 9.17) is 4.43 Å². The van der Waals surface area contributed by atoms with Crippen LogP contribution in [0.25, 0.3) is 0 Å². The van der Waals surface area contributed by atoms with Crippen molar-refractivity contribution < 1.29 is 4.43 Å². The van der Waals surface area contributed by atoms with Gasteiger partial charge in [-0.05, 0) is 32.5 Å². The van der Waals surface area contributed by atoms with E-state index in [-0.39, 0.29) is 0 Å². The van der Waals surface area contributed by atoms with Gasteiger partial charge in [-0.15, -0.1) is 0 Å². The minimum absolute atomic E-state index is 0.900. The van der Waals surface area contributed by atoms with E-state index >= 15 is 0 Å². The summed E-state index contributed by atoms with van der Waals surface area (Å²) in [7, 11) is 0.928. The van der Waals surface area contributed by atoms with Crippen molar-refractivity contribution in [3.05, 3.63) is 0 Å². The molecule has 0 aromatic carbocycles. The molecule has 0 radical (unpaired) electrons. The molecule has 1 fully saturated rings. The molecule has 9 heavy (non-hydrogen) atoms. The lowest BCUT2D eigenvalue weighted by Crippen LogP contribution is -2.35. The highest BCUT2D eigenvalue weighted by atomic mass is 28.3. The van der Waals surface area contributed by atoms with Gasteiger partial charge in [0.15, 0.2) is 0 Å². The second-order valence-electron chi connectivity index (χ2n) is 2.58. The predicted octanol–water partition coefficient (Wildman–Crippen LogP) is 0.579. The van der Waals surface area contributed by atoms with Crippen molar-refractivity contribution in [2.45, 2.75) is 19.4 Å². The second kappa shape index (κ2) is 3.34. The van der Waals surface area contributed by atoms with Crippen LogP contribution in [0.2, 0.25) is 6.55 Å². The summed E-state index contributed by atoms with van der Waals surface area (Å²) in [6, 6.07) is 0. The van der Waals surface area contributed by atoms with Gasteiger partial charge in [0.05, 0.1) is 0 Å². The normalized spacial score (nSPS) is 24.7. The third-order valence-electron chi connectivity index (χ3n) is 2.00. The molecule has 0 bridgehead atoms. The van der Waals surface area contributed by atoms with Crippen LogP contribution in [-0.4, -0.2) is 34.0 Å². The summed E-state index contributed by atoms with van der Waals surface area (Å²) >= 11 is 0. The average molecular weight is 145 g/mol. The van der Waals surface area contributed by atoms with Gasteiger partial charge < -0.3 is 8.99 Å². The van der Waals surface area contributed by atoms with Crippen LogP contribution in [0.15, 0.2) is 0 Å². The van der Waals surface area contributed by atoms with Crippen molar-refractivity contribution in [2.75, 3.05) is 20.2 Å². The van der Waals surface area contributed by atoms with Crippen molar-refractivity contribution in [3.8, 4) is 0 Å². The molecule has 1 heterocycles. The highest BCUT2D eigenvalue weighted by Crippen LogP contribution is 2.08. The second-order valence-corrected chi connectivity index (χ2v) is 4.98. The van der Waals surface area contributed by atoms with E-state index in [9.17, 15) is 0 Å². The standard InChI is InChI=1S/C6H15NOSi/c1-8-9(2)7-5-3-4-6-7/h9H,3-6H2,1-2H3. The lowest BCUT2D eigenvalue weighted by molar-refractivity contribution is 0.348. The van der Waals surface area contributed by atoms with Crippen molar-refractivity contribution in [1.82, 2.24) is 4.57 Å². The average Bonchev–Trinajstić information content (AvgIpc) is 2.37. The number of nitrogens with zero attached hydrogens (tertiary/aromatic N) is 1. The zero-order valence-electron chi connectivity index (χ0n) is 6.26. The summed E-state index contributed by atoms with van der Waals surface area (Å²) in [6.07, 6.45) is 2.75. The lowest BCUT2D eigenvalue weighted by Gasteiger charge is -2.19. The molecule has 1 rings (SSSR count). The molecule has 0 aromatic heterocycles. The first-order valence-corrected chi connectivity index (χ1v) is 5.75. The Kier molecular flexibility index (Phi) is 2.69. The van der Waals surface area contributed by atoms with Crippen LogP contribution < -0.4 is 0 Å². The molecule has 0 saturated carbocycles. The quantitative estimate of drug-likeness (QED) is 0.527. The van der Waals surface area contributed by atoms with Crippen molar-refractivity contribution in [1.29, 1.82) is 0 Å². The summed E-state index contributed by atoms with van der Waals surface area (Å²) < 4.78 is 7.80. The Balaban J connectivity index is 2.24. The molecular formula is C6H15NOSi. The Morgan fingerprint density at radius 2 is 1.89 bits per heavy atom. The maximum Gasteiger partial charge on any atom is 0.251 e. The minimum atomic E-state index is -0.900. The fourth-order valence-electron chi connectivity index (χ4n) is 1.25. The van der Waals surface area contributed by atoms with E-state index in [1.54, 1.807) is 0 Å². The fourth-order valence-corrected chi connectivity index (χ4v) is 2.64. The molecule has 0 aromatic rings. The number of rotatable bonds is 2. The SMILES string of the molecule is CO[SiH](C)N1CCCC1. The Labute approximate surface area is 58.6 Å². The maximum absolute atomic E-state index is 5.30. The van der Waals surface area contributed by atoms with E-state index in [0.717, 1.165) is 0 Å². The Bertz CT molecular complexity index is 83.1. The van der Waals surface area contributed by atoms with Gasteiger partial charge in [0.25, 0.3) is 9.20 Å². The summed E-state index contributed by atoms with van der Waals surface area (Å²) in [5, 5.41) is 0. The molecular weight excluding hydrogens is 130 g/mol. The molecule has 1 unspecified atom stereocenters. The zero-order chi connectivity index (χ0) is 6.69. The molecule has 0 N–H and O–H groups in total. The van der Waals surface area contributed by atoms with Gasteiger partial charge in [0.1, 0.15) is 0 Å². The summed E-state index contributed by atoms with van der Waals surface area (Å²) in [5.41, 5.74) is 0. The summed E-state index contributed by atoms with van der Waals surface area (Å²) in [4.78, 5) is 0. The van der Waals surface area contributed by atoms with E-state index < -0.39 is 9.20 Å². The molecule has 1 aliphatic rings. The number of hydrogen-bond donors (Lipinski definition) is 0. The van der Waals surface area contributed by atoms with Crippen molar-refractivity contribution in [2.24, 2.45) is 0 Å². The molecule has 2 nitrogen and oxygen atoms in total. The van der Waals surface area contributed by atoms with Gasteiger partial charge in [0, 0.05) is 7.11 Å².